The van der Waals surface area contributed by atoms with Crippen molar-refractivity contribution in [2.45, 2.75) is 0 Å². The molecule has 0 aromatic heterocycles. The third kappa shape index (κ3) is 4.71. The Hall–Kier alpha value is -2.50. The zero-order valence-electron chi connectivity index (χ0n) is 10.7. The van der Waals surface area contributed by atoms with Crippen molar-refractivity contribution in [2.24, 2.45) is 0 Å². The number of ether oxygens (including phenoxy) is 2. The molecule has 1 amide bonds. The minimum absolute atomic E-state index is 0.418. The fraction of sp³-hybridized carbons (Fsp3) is 0.231. The Kier molecular flexibility index (Phi) is 5.40. The fourth-order valence-electron chi connectivity index (χ4n) is 1.36. The number of carbonyl (C=O) groups is 2. The standard InChI is InChI=1S/C13H15NO5/c1-18-10-4-5-11(19-2)9(7-10)3-6-12(15)14-8-13(16)17/h3-7H,8H2,1-2H3,(H,14,15)(H,16,17). The van der Waals surface area contributed by atoms with Crippen molar-refractivity contribution < 1.29 is 24.2 Å². The Balaban J connectivity index is 2.79. The van der Waals surface area contributed by atoms with Crippen molar-refractivity contribution in [3.05, 3.63) is 29.8 Å². The van der Waals surface area contributed by atoms with Crippen LogP contribution in [0.4, 0.5) is 0 Å². The molecule has 0 heterocycles. The van der Waals surface area contributed by atoms with Crippen LogP contribution < -0.4 is 14.8 Å². The molecule has 102 valence electrons. The van der Waals surface area contributed by atoms with E-state index in [1.165, 1.54) is 26.4 Å². The van der Waals surface area contributed by atoms with E-state index in [0.29, 0.717) is 17.1 Å². The molecule has 6 nitrogen and oxygen atoms in total. The van der Waals surface area contributed by atoms with Crippen molar-refractivity contribution in [3.8, 4) is 11.5 Å². The molecule has 0 unspecified atom stereocenters. The first-order valence-electron chi connectivity index (χ1n) is 5.46. The molecule has 19 heavy (non-hydrogen) atoms. The van der Waals surface area contributed by atoms with E-state index in [-0.39, 0.29) is 0 Å². The van der Waals surface area contributed by atoms with Crippen LogP contribution in [-0.2, 0) is 9.59 Å². The van der Waals surface area contributed by atoms with Crippen LogP contribution in [-0.4, -0.2) is 37.7 Å². The molecule has 0 spiro atoms. The number of nitrogens with one attached hydrogen (secondary N) is 1. The summed E-state index contributed by atoms with van der Waals surface area (Å²) in [5, 5.41) is 10.6. The van der Waals surface area contributed by atoms with Gasteiger partial charge >= 0.3 is 5.97 Å². The molecule has 1 aromatic rings. The number of methoxy groups -OCH3 is 2. The second-order valence-electron chi connectivity index (χ2n) is 3.55. The molecule has 0 saturated carbocycles. The van der Waals surface area contributed by atoms with Gasteiger partial charge in [-0.25, -0.2) is 0 Å². The second kappa shape index (κ2) is 7.05. The van der Waals surface area contributed by atoms with E-state index >= 15 is 0 Å². The molecule has 6 heteroatoms. The number of rotatable bonds is 6. The smallest absolute Gasteiger partial charge is 0.322 e. The molecule has 1 rings (SSSR count). The summed E-state index contributed by atoms with van der Waals surface area (Å²) in [7, 11) is 3.05. The van der Waals surface area contributed by atoms with Gasteiger partial charge < -0.3 is 19.9 Å². The van der Waals surface area contributed by atoms with Gasteiger partial charge in [-0.2, -0.15) is 0 Å². The minimum Gasteiger partial charge on any atom is -0.497 e. The number of hydrogen-bond acceptors (Lipinski definition) is 4. The lowest BCUT2D eigenvalue weighted by Crippen LogP contribution is -2.27. The largest absolute Gasteiger partial charge is 0.497 e. The highest BCUT2D eigenvalue weighted by atomic mass is 16.5. The van der Waals surface area contributed by atoms with E-state index in [1.54, 1.807) is 18.2 Å². The number of carbonyl (C=O) groups excluding carboxylic acids is 1. The average molecular weight is 265 g/mol. The lowest BCUT2D eigenvalue weighted by molar-refractivity contribution is -0.137. The number of benzene rings is 1. The SMILES string of the molecule is COc1ccc(OC)c(C=CC(=O)NCC(=O)O)c1. The Bertz CT molecular complexity index is 496. The maximum Gasteiger partial charge on any atom is 0.322 e. The Morgan fingerprint density at radius 1 is 1.32 bits per heavy atom. The van der Waals surface area contributed by atoms with Gasteiger partial charge in [0, 0.05) is 11.6 Å². The summed E-state index contributed by atoms with van der Waals surface area (Å²) in [4.78, 5) is 21.6. The van der Waals surface area contributed by atoms with Gasteiger partial charge in [0.1, 0.15) is 18.0 Å². The zero-order valence-corrected chi connectivity index (χ0v) is 10.7. The normalized spacial score (nSPS) is 10.2. The Morgan fingerprint density at radius 2 is 2.05 bits per heavy atom. The van der Waals surface area contributed by atoms with Crippen molar-refractivity contribution in [3.63, 3.8) is 0 Å². The van der Waals surface area contributed by atoms with Gasteiger partial charge in [-0.1, -0.05) is 0 Å². The molecule has 0 fully saturated rings. The van der Waals surface area contributed by atoms with E-state index in [0.717, 1.165) is 0 Å². The van der Waals surface area contributed by atoms with Gasteiger partial charge in [0.05, 0.1) is 14.2 Å². The molecular weight excluding hydrogens is 250 g/mol. The first kappa shape index (κ1) is 14.6. The third-order valence-electron chi connectivity index (χ3n) is 2.26. The van der Waals surface area contributed by atoms with Gasteiger partial charge in [-0.05, 0) is 24.3 Å². The number of amides is 1. The number of hydrogen-bond donors (Lipinski definition) is 2. The predicted octanol–water partition coefficient (Wildman–Crippen LogP) is 0.918. The summed E-state index contributed by atoms with van der Waals surface area (Å²) in [6.45, 7) is -0.418. The Morgan fingerprint density at radius 3 is 2.63 bits per heavy atom. The summed E-state index contributed by atoms with van der Waals surface area (Å²) in [5.74, 6) is -0.373. The van der Waals surface area contributed by atoms with E-state index in [9.17, 15) is 9.59 Å². The lowest BCUT2D eigenvalue weighted by Gasteiger charge is -2.07. The van der Waals surface area contributed by atoms with Crippen LogP contribution in [0.3, 0.4) is 0 Å². The van der Waals surface area contributed by atoms with Crippen molar-refractivity contribution in [1.82, 2.24) is 5.32 Å². The highest BCUT2D eigenvalue weighted by Gasteiger charge is 2.03. The summed E-state index contributed by atoms with van der Waals surface area (Å²) >= 11 is 0. The molecule has 0 bridgehead atoms. The highest BCUT2D eigenvalue weighted by molar-refractivity contribution is 5.93. The van der Waals surface area contributed by atoms with Crippen molar-refractivity contribution in [2.75, 3.05) is 20.8 Å². The number of aliphatic carboxylic acids is 1. The van der Waals surface area contributed by atoms with Crippen LogP contribution >= 0.6 is 0 Å². The summed E-state index contributed by atoms with van der Waals surface area (Å²) in [6, 6.07) is 5.16. The molecule has 0 aliphatic rings. The summed E-state index contributed by atoms with van der Waals surface area (Å²) in [6.07, 6.45) is 2.76. The molecule has 0 atom stereocenters. The van der Waals surface area contributed by atoms with Crippen LogP contribution in [0, 0.1) is 0 Å². The van der Waals surface area contributed by atoms with E-state index < -0.39 is 18.4 Å². The molecule has 0 radical (unpaired) electrons. The summed E-state index contributed by atoms with van der Waals surface area (Å²) in [5.41, 5.74) is 0.660. The second-order valence-corrected chi connectivity index (χ2v) is 3.55. The van der Waals surface area contributed by atoms with Crippen LogP contribution in [0.5, 0.6) is 11.5 Å². The van der Waals surface area contributed by atoms with Crippen LogP contribution in [0.2, 0.25) is 0 Å². The quantitative estimate of drug-likeness (QED) is 0.747. The molecular formula is C13H15NO5. The average Bonchev–Trinajstić information content (AvgIpc) is 2.42. The van der Waals surface area contributed by atoms with E-state index in [2.05, 4.69) is 5.32 Å². The third-order valence-corrected chi connectivity index (χ3v) is 2.26. The van der Waals surface area contributed by atoms with Crippen molar-refractivity contribution >= 4 is 18.0 Å². The van der Waals surface area contributed by atoms with Gasteiger partial charge in [0.15, 0.2) is 0 Å². The molecule has 1 aromatic carbocycles. The maximum absolute atomic E-state index is 11.3. The van der Waals surface area contributed by atoms with Gasteiger partial charge in [-0.15, -0.1) is 0 Å². The first-order chi connectivity index (χ1) is 9.06. The summed E-state index contributed by atoms with van der Waals surface area (Å²) < 4.78 is 10.2. The van der Waals surface area contributed by atoms with Crippen LogP contribution in [0.1, 0.15) is 5.56 Å². The monoisotopic (exact) mass is 265 g/mol. The Labute approximate surface area is 110 Å². The van der Waals surface area contributed by atoms with Crippen molar-refractivity contribution in [1.29, 1.82) is 0 Å². The number of carboxylic acid groups (broad SMARTS) is 1. The van der Waals surface area contributed by atoms with Crippen LogP contribution in [0.15, 0.2) is 24.3 Å². The van der Waals surface area contributed by atoms with Gasteiger partial charge in [0.25, 0.3) is 0 Å². The lowest BCUT2D eigenvalue weighted by atomic mass is 10.1. The van der Waals surface area contributed by atoms with Gasteiger partial charge in [-0.3, -0.25) is 9.59 Å². The molecule has 0 aliphatic carbocycles. The predicted molar refractivity (Wildman–Crippen MR) is 69.2 cm³/mol. The first-order valence-corrected chi connectivity index (χ1v) is 5.46. The van der Waals surface area contributed by atoms with E-state index in [1.807, 2.05) is 0 Å². The molecule has 0 saturated heterocycles. The van der Waals surface area contributed by atoms with Crippen LogP contribution in [0.25, 0.3) is 6.08 Å². The molecule has 0 aliphatic heterocycles. The zero-order chi connectivity index (χ0) is 14.3. The number of carboxylic acids is 1. The maximum atomic E-state index is 11.3. The van der Waals surface area contributed by atoms with Gasteiger partial charge in [0.2, 0.25) is 5.91 Å². The minimum atomic E-state index is -1.10. The fourth-order valence-corrected chi connectivity index (χ4v) is 1.36. The van der Waals surface area contributed by atoms with E-state index in [4.69, 9.17) is 14.6 Å². The molecule has 2 N–H and O–H groups in total. The highest BCUT2D eigenvalue weighted by Crippen LogP contribution is 2.24. The topological polar surface area (TPSA) is 84.9 Å².